The quantitative estimate of drug-likeness (QED) is 0.355. The molecule has 198 valence electrons. The summed E-state index contributed by atoms with van der Waals surface area (Å²) in [6.45, 7) is 3.02. The fourth-order valence-electron chi connectivity index (χ4n) is 4.13. The Labute approximate surface area is 226 Å². The molecule has 1 saturated heterocycles. The predicted molar refractivity (Wildman–Crippen MR) is 142 cm³/mol. The average Bonchev–Trinajstić information content (AvgIpc) is 3.32. The Bertz CT molecular complexity index is 1630. The zero-order valence-corrected chi connectivity index (χ0v) is 22.4. The van der Waals surface area contributed by atoms with Crippen molar-refractivity contribution in [2.75, 3.05) is 15.1 Å². The first-order valence-electron chi connectivity index (χ1n) is 11.0. The number of rotatable bonds is 7. The summed E-state index contributed by atoms with van der Waals surface area (Å²) in [5.74, 6) is -1.69. The molecule has 1 fully saturated rings. The van der Waals surface area contributed by atoms with Crippen LogP contribution in [0.1, 0.15) is 32.3 Å². The van der Waals surface area contributed by atoms with Crippen LogP contribution in [0.25, 0.3) is 10.2 Å². The number of nitrogens with zero attached hydrogens (tertiary/aromatic N) is 4. The van der Waals surface area contributed by atoms with Crippen molar-refractivity contribution >= 4 is 77.5 Å². The van der Waals surface area contributed by atoms with Crippen LogP contribution < -0.4 is 20.9 Å². The van der Waals surface area contributed by atoms with Crippen LogP contribution in [0.2, 0.25) is 5.02 Å². The van der Waals surface area contributed by atoms with E-state index >= 15 is 0 Å². The number of nitriles is 1. The normalized spacial score (nSPS) is 17.0. The van der Waals surface area contributed by atoms with E-state index in [-0.39, 0.29) is 39.9 Å². The lowest BCUT2D eigenvalue weighted by molar-refractivity contribution is -0.122. The van der Waals surface area contributed by atoms with Crippen molar-refractivity contribution < 1.29 is 27.4 Å². The summed E-state index contributed by atoms with van der Waals surface area (Å²) < 4.78 is 36.3. The number of aromatic nitrogens is 1. The maximum absolute atomic E-state index is 13.5. The summed E-state index contributed by atoms with van der Waals surface area (Å²) in [6, 6.07) is 10.6. The van der Waals surface area contributed by atoms with Gasteiger partial charge in [-0.15, -0.1) is 0 Å². The monoisotopic (exact) mass is 576 g/mol. The molecule has 0 spiro atoms. The second kappa shape index (κ2) is 9.84. The molecule has 3 aromatic rings. The van der Waals surface area contributed by atoms with Crippen LogP contribution in [-0.2, 0) is 24.5 Å². The van der Waals surface area contributed by atoms with Gasteiger partial charge < -0.3 is 16.0 Å². The van der Waals surface area contributed by atoms with E-state index in [9.17, 15) is 27.4 Å². The van der Waals surface area contributed by atoms with Crippen molar-refractivity contribution in [3.05, 3.63) is 47.0 Å². The number of nitrogens with two attached hydrogens (primary N) is 1. The summed E-state index contributed by atoms with van der Waals surface area (Å²) in [5, 5.41) is 12.0. The van der Waals surface area contributed by atoms with Crippen molar-refractivity contribution in [3.63, 3.8) is 0 Å². The van der Waals surface area contributed by atoms with Gasteiger partial charge >= 0.3 is 10.1 Å². The molecule has 0 aliphatic carbocycles. The van der Waals surface area contributed by atoms with E-state index in [1.54, 1.807) is 12.1 Å². The number of fused-ring (bicyclic) bond motifs is 1. The molecule has 3 amide bonds. The number of carbonyl (C=O) groups excluding carboxylic acids is 3. The summed E-state index contributed by atoms with van der Waals surface area (Å²) in [5.41, 5.74) is 2.64. The minimum atomic E-state index is -4.90. The van der Waals surface area contributed by atoms with Crippen molar-refractivity contribution in [3.8, 4) is 6.07 Å². The zero-order valence-electron chi connectivity index (χ0n) is 20.0. The third-order valence-electron chi connectivity index (χ3n) is 5.90. The molecule has 12 nitrogen and oxygen atoms in total. The Morgan fingerprint density at radius 3 is 2.53 bits per heavy atom. The molecule has 0 saturated carbocycles. The lowest BCUT2D eigenvalue weighted by Crippen LogP contribution is -2.49. The molecule has 1 aliphatic rings. The molecule has 0 radical (unpaired) electrons. The molecule has 1 aromatic heterocycles. The lowest BCUT2D eigenvalue weighted by atomic mass is 10.0. The Morgan fingerprint density at radius 1 is 1.24 bits per heavy atom. The second-order valence-electron chi connectivity index (χ2n) is 8.91. The second-order valence-corrected chi connectivity index (χ2v) is 11.8. The van der Waals surface area contributed by atoms with Crippen LogP contribution in [-0.4, -0.2) is 46.7 Å². The van der Waals surface area contributed by atoms with E-state index in [2.05, 4.69) is 10.3 Å². The Kier molecular flexibility index (Phi) is 7.06. The Morgan fingerprint density at radius 2 is 1.92 bits per heavy atom. The number of benzene rings is 2. The molecule has 4 rings (SSSR count). The maximum atomic E-state index is 13.5. The first kappa shape index (κ1) is 27.3. The molecular weight excluding hydrogens is 556 g/mol. The smallest absolute Gasteiger partial charge is 0.306 e. The van der Waals surface area contributed by atoms with Gasteiger partial charge in [0, 0.05) is 24.2 Å². The molecule has 2 heterocycles. The minimum Gasteiger partial charge on any atom is -0.370 e. The van der Waals surface area contributed by atoms with Gasteiger partial charge in [-0.05, 0) is 50.2 Å². The van der Waals surface area contributed by atoms with Gasteiger partial charge in [0.05, 0.1) is 20.8 Å². The number of nitrogens with one attached hydrogen (secondary N) is 1. The number of halogens is 1. The van der Waals surface area contributed by atoms with Crippen LogP contribution in [0.3, 0.4) is 0 Å². The number of hydrogen-bond donors (Lipinski definition) is 3. The van der Waals surface area contributed by atoms with Crippen LogP contribution >= 0.6 is 22.9 Å². The van der Waals surface area contributed by atoms with Crippen LogP contribution in [0.5, 0.6) is 0 Å². The molecule has 2 aromatic carbocycles. The predicted octanol–water partition coefficient (Wildman–Crippen LogP) is 2.83. The Hall–Kier alpha value is -3.77. The number of thiazole rings is 1. The van der Waals surface area contributed by atoms with E-state index in [0.717, 1.165) is 16.2 Å². The van der Waals surface area contributed by atoms with E-state index in [0.29, 0.717) is 10.2 Å². The highest BCUT2D eigenvalue weighted by Crippen LogP contribution is 2.42. The molecule has 38 heavy (non-hydrogen) atoms. The van der Waals surface area contributed by atoms with Gasteiger partial charge in [0.25, 0.3) is 5.91 Å². The fraction of sp³-hybridized carbons (Fsp3) is 0.261. The third kappa shape index (κ3) is 5.01. The first-order valence-corrected chi connectivity index (χ1v) is 13.7. The van der Waals surface area contributed by atoms with Crippen molar-refractivity contribution in [2.24, 2.45) is 5.73 Å². The van der Waals surface area contributed by atoms with E-state index in [1.807, 2.05) is 6.07 Å². The zero-order chi connectivity index (χ0) is 28.0. The average molecular weight is 577 g/mol. The number of amides is 3. The third-order valence-corrected chi connectivity index (χ3v) is 8.12. The number of hydrogen-bond acceptors (Lipinski definition) is 9. The van der Waals surface area contributed by atoms with Gasteiger partial charge in [-0.3, -0.25) is 23.8 Å². The number of primary amides is 1. The van der Waals surface area contributed by atoms with Gasteiger partial charge in [-0.1, -0.05) is 22.9 Å². The SMILES string of the molecule is CC1(C)C(=O)N(c2ccc(C#N)c(Cl)c2)C(S(=O)(=O)O)N1c1ccc2sc(NC(=O)CCC(N)=O)nc2c1. The van der Waals surface area contributed by atoms with Gasteiger partial charge in [-0.25, -0.2) is 4.98 Å². The topological polar surface area (TPSA) is 187 Å². The standard InChI is InChI=1S/C23H21ClN6O6S2/c1-23(2)20(33)29(13-4-3-12(11-25)15(24)9-13)22(38(34,35)36)30(23)14-5-6-17-16(10-14)27-21(37-17)28-19(32)8-7-18(26)31/h3-6,9-10,22H,7-8H2,1-2H3,(H2,26,31)(H,27,28,32)(H,34,35,36). The van der Waals surface area contributed by atoms with Crippen LogP contribution in [0.15, 0.2) is 36.4 Å². The van der Waals surface area contributed by atoms with Gasteiger partial charge in [0.15, 0.2) is 5.13 Å². The summed E-state index contributed by atoms with van der Waals surface area (Å²) >= 11 is 7.29. The highest BCUT2D eigenvalue weighted by Gasteiger charge is 2.57. The van der Waals surface area contributed by atoms with Crippen molar-refractivity contribution in [1.82, 2.24) is 4.98 Å². The van der Waals surface area contributed by atoms with Gasteiger partial charge in [0.2, 0.25) is 17.3 Å². The van der Waals surface area contributed by atoms with Gasteiger partial charge in [-0.2, -0.15) is 13.7 Å². The first-order chi connectivity index (χ1) is 17.7. The molecule has 1 aliphatic heterocycles. The summed E-state index contributed by atoms with van der Waals surface area (Å²) in [4.78, 5) is 43.0. The molecular formula is C23H21ClN6O6S2. The molecule has 4 N–H and O–H groups in total. The van der Waals surface area contributed by atoms with Crippen LogP contribution in [0.4, 0.5) is 16.5 Å². The van der Waals surface area contributed by atoms with Gasteiger partial charge in [0.1, 0.15) is 11.6 Å². The molecule has 1 atom stereocenters. The Balaban J connectivity index is 1.75. The highest BCUT2D eigenvalue weighted by atomic mass is 35.5. The highest BCUT2D eigenvalue weighted by molar-refractivity contribution is 7.86. The van der Waals surface area contributed by atoms with Crippen molar-refractivity contribution in [1.29, 1.82) is 5.26 Å². The molecule has 1 unspecified atom stereocenters. The molecule has 15 heteroatoms. The lowest BCUT2D eigenvalue weighted by Gasteiger charge is -2.34. The fourth-order valence-corrected chi connectivity index (χ4v) is 6.35. The molecule has 0 bridgehead atoms. The van der Waals surface area contributed by atoms with E-state index in [1.165, 1.54) is 43.0 Å². The largest absolute Gasteiger partial charge is 0.370 e. The minimum absolute atomic E-state index is 0.0115. The summed E-state index contributed by atoms with van der Waals surface area (Å²) in [6.07, 6.45) is -0.219. The summed E-state index contributed by atoms with van der Waals surface area (Å²) in [7, 11) is -4.90. The number of carbonyl (C=O) groups is 3. The number of anilines is 3. The van der Waals surface area contributed by atoms with Crippen molar-refractivity contribution in [2.45, 2.75) is 37.7 Å². The van der Waals surface area contributed by atoms with E-state index in [4.69, 9.17) is 22.6 Å². The van der Waals surface area contributed by atoms with E-state index < -0.39 is 38.9 Å². The maximum Gasteiger partial charge on any atom is 0.306 e. The van der Waals surface area contributed by atoms with Crippen LogP contribution in [0, 0.1) is 11.3 Å².